The number of aromatic nitrogens is 1. The summed E-state index contributed by atoms with van der Waals surface area (Å²) in [6.45, 7) is 3.98. The molecule has 5 aromatic rings. The van der Waals surface area contributed by atoms with Gasteiger partial charge in [0.2, 0.25) is 0 Å². The lowest BCUT2D eigenvalue weighted by Gasteiger charge is -2.06. The van der Waals surface area contributed by atoms with Crippen LogP contribution in [0.3, 0.4) is 0 Å². The van der Waals surface area contributed by atoms with Gasteiger partial charge in [0.15, 0.2) is 0 Å². The molecule has 0 aliphatic carbocycles. The Kier molecular flexibility index (Phi) is 2.66. The first-order valence-electron chi connectivity index (χ1n) is 8.20. The van der Waals surface area contributed by atoms with Gasteiger partial charge < -0.3 is 8.98 Å². The summed E-state index contributed by atoms with van der Waals surface area (Å²) < 4.78 is 8.46. The van der Waals surface area contributed by atoms with Crippen molar-refractivity contribution in [2.75, 3.05) is 0 Å². The first kappa shape index (κ1) is 13.4. The highest BCUT2D eigenvalue weighted by molar-refractivity contribution is 6.18. The molecule has 0 fully saturated rings. The number of para-hydroxylation sites is 2. The molecule has 0 saturated carbocycles. The molecule has 2 nitrogen and oxygen atoms in total. The normalized spacial score (nSPS) is 11.9. The van der Waals surface area contributed by atoms with Crippen LogP contribution < -0.4 is 0 Å². The molecule has 5 rings (SSSR count). The molecule has 0 bridgehead atoms. The predicted molar refractivity (Wildman–Crippen MR) is 102 cm³/mol. The smallest absolute Gasteiger partial charge is 0.136 e. The fraction of sp³-hybridized carbons (Fsp3) is 0.0909. The summed E-state index contributed by atoms with van der Waals surface area (Å²) in [5.74, 6) is 0. The molecule has 2 aromatic heterocycles. The van der Waals surface area contributed by atoms with Crippen molar-refractivity contribution < 1.29 is 4.42 Å². The van der Waals surface area contributed by atoms with Crippen LogP contribution in [0.15, 0.2) is 71.7 Å². The highest BCUT2D eigenvalue weighted by atomic mass is 16.3. The minimum absolute atomic E-state index is 0.821. The summed E-state index contributed by atoms with van der Waals surface area (Å²) in [5.41, 5.74) is 5.71. The minimum atomic E-state index is 0.821. The molecule has 2 heteroatoms. The second-order valence-corrected chi connectivity index (χ2v) is 6.29. The van der Waals surface area contributed by atoms with E-state index in [4.69, 9.17) is 4.42 Å². The Hall–Kier alpha value is -3.00. The Labute approximate surface area is 139 Å². The van der Waals surface area contributed by atoms with Crippen LogP contribution >= 0.6 is 0 Å². The van der Waals surface area contributed by atoms with Gasteiger partial charge in [-0.15, -0.1) is 6.58 Å². The molecule has 24 heavy (non-hydrogen) atoms. The van der Waals surface area contributed by atoms with Crippen LogP contribution in [0, 0.1) is 0 Å². The van der Waals surface area contributed by atoms with Crippen LogP contribution in [-0.2, 0) is 13.5 Å². The first-order valence-corrected chi connectivity index (χ1v) is 8.20. The van der Waals surface area contributed by atoms with Crippen molar-refractivity contribution in [3.8, 4) is 0 Å². The standard InChI is InChI=1S/C22H17NO/c1-3-8-16-21-15-10-5-7-12-19(15)24-20(21)13-17-14-9-4-6-11-18(14)23(2)22(16)17/h3-7,9-13H,1,8H2,2H3. The lowest BCUT2D eigenvalue weighted by atomic mass is 10.00. The average molecular weight is 311 g/mol. The van der Waals surface area contributed by atoms with Gasteiger partial charge in [-0.2, -0.15) is 0 Å². The lowest BCUT2D eigenvalue weighted by molar-refractivity contribution is 0.669. The monoisotopic (exact) mass is 311 g/mol. The summed E-state index contributed by atoms with van der Waals surface area (Å²) in [4.78, 5) is 0. The number of fused-ring (bicyclic) bond motifs is 6. The maximum absolute atomic E-state index is 6.16. The summed E-state index contributed by atoms with van der Waals surface area (Å²) in [6.07, 6.45) is 2.80. The quantitative estimate of drug-likeness (QED) is 0.368. The van der Waals surface area contributed by atoms with Gasteiger partial charge in [-0.05, 0) is 30.2 Å². The zero-order chi connectivity index (χ0) is 16.3. The fourth-order valence-corrected chi connectivity index (χ4v) is 4.00. The number of benzene rings is 3. The predicted octanol–water partition coefficient (Wildman–Crippen LogP) is 5.96. The Morgan fingerprint density at radius 1 is 0.958 bits per heavy atom. The maximum Gasteiger partial charge on any atom is 0.136 e. The zero-order valence-corrected chi connectivity index (χ0v) is 13.5. The van der Waals surface area contributed by atoms with Crippen molar-refractivity contribution in [3.05, 3.63) is 72.8 Å². The van der Waals surface area contributed by atoms with E-state index >= 15 is 0 Å². The Morgan fingerprint density at radius 3 is 2.54 bits per heavy atom. The SMILES string of the molecule is C=CCc1c2c(cc3c4ccccc4n(C)c13)oc1ccccc12. The third-order valence-corrected chi connectivity index (χ3v) is 4.98. The molecular formula is C22H17NO. The van der Waals surface area contributed by atoms with E-state index in [0.29, 0.717) is 0 Å². The van der Waals surface area contributed by atoms with E-state index in [1.165, 1.54) is 38.1 Å². The van der Waals surface area contributed by atoms with Crippen LogP contribution in [-0.4, -0.2) is 4.57 Å². The van der Waals surface area contributed by atoms with Crippen molar-refractivity contribution >= 4 is 43.7 Å². The van der Waals surface area contributed by atoms with Gasteiger partial charge in [-0.1, -0.05) is 42.5 Å². The van der Waals surface area contributed by atoms with E-state index < -0.39 is 0 Å². The maximum atomic E-state index is 6.16. The van der Waals surface area contributed by atoms with Crippen molar-refractivity contribution in [1.82, 2.24) is 4.57 Å². The second kappa shape index (κ2) is 4.75. The summed E-state index contributed by atoms with van der Waals surface area (Å²) >= 11 is 0. The molecule has 0 saturated heterocycles. The van der Waals surface area contributed by atoms with E-state index in [1.807, 2.05) is 18.2 Å². The van der Waals surface area contributed by atoms with Crippen LogP contribution in [0.25, 0.3) is 43.7 Å². The molecule has 0 aliphatic rings. The van der Waals surface area contributed by atoms with Crippen molar-refractivity contribution in [2.45, 2.75) is 6.42 Å². The van der Waals surface area contributed by atoms with E-state index in [-0.39, 0.29) is 0 Å². The number of hydrogen-bond donors (Lipinski definition) is 0. The molecule has 0 radical (unpaired) electrons. The Balaban J connectivity index is 2.12. The van der Waals surface area contributed by atoms with E-state index in [9.17, 15) is 0 Å². The fourth-order valence-electron chi connectivity index (χ4n) is 4.00. The second-order valence-electron chi connectivity index (χ2n) is 6.29. The van der Waals surface area contributed by atoms with Gasteiger partial charge in [0, 0.05) is 34.1 Å². The van der Waals surface area contributed by atoms with Gasteiger partial charge in [-0.3, -0.25) is 0 Å². The van der Waals surface area contributed by atoms with Gasteiger partial charge in [-0.25, -0.2) is 0 Å². The molecule has 2 heterocycles. The highest BCUT2D eigenvalue weighted by Crippen LogP contribution is 2.39. The number of furan rings is 1. The average Bonchev–Trinajstić information content (AvgIpc) is 3.12. The van der Waals surface area contributed by atoms with E-state index in [1.54, 1.807) is 0 Å². The summed E-state index contributed by atoms with van der Waals surface area (Å²) in [5, 5.41) is 4.90. The van der Waals surface area contributed by atoms with Crippen LogP contribution in [0.1, 0.15) is 5.56 Å². The molecule has 0 spiro atoms. The Bertz CT molecular complexity index is 1250. The Morgan fingerprint density at radius 2 is 1.71 bits per heavy atom. The largest absolute Gasteiger partial charge is 0.456 e. The first-order chi connectivity index (χ1) is 11.8. The molecule has 116 valence electrons. The minimum Gasteiger partial charge on any atom is -0.456 e. The van der Waals surface area contributed by atoms with Crippen LogP contribution in [0.4, 0.5) is 0 Å². The molecule has 0 aliphatic heterocycles. The lowest BCUT2D eigenvalue weighted by Crippen LogP contribution is -1.93. The molecule has 3 aromatic carbocycles. The summed E-state index contributed by atoms with van der Waals surface area (Å²) in [7, 11) is 2.14. The number of rotatable bonds is 2. The molecule has 0 N–H and O–H groups in total. The van der Waals surface area contributed by atoms with Gasteiger partial charge in [0.05, 0.1) is 5.52 Å². The number of aryl methyl sites for hydroxylation is 1. The van der Waals surface area contributed by atoms with Gasteiger partial charge in [0.25, 0.3) is 0 Å². The van der Waals surface area contributed by atoms with Gasteiger partial charge >= 0.3 is 0 Å². The van der Waals surface area contributed by atoms with E-state index in [2.05, 4.69) is 60.7 Å². The van der Waals surface area contributed by atoms with Crippen molar-refractivity contribution in [3.63, 3.8) is 0 Å². The summed E-state index contributed by atoms with van der Waals surface area (Å²) in [6, 6.07) is 19.0. The van der Waals surface area contributed by atoms with Crippen LogP contribution in [0.2, 0.25) is 0 Å². The molecule has 0 unspecified atom stereocenters. The van der Waals surface area contributed by atoms with Crippen LogP contribution in [0.5, 0.6) is 0 Å². The third kappa shape index (κ3) is 1.60. The topological polar surface area (TPSA) is 18.1 Å². The van der Waals surface area contributed by atoms with E-state index in [0.717, 1.165) is 17.6 Å². The number of hydrogen-bond acceptors (Lipinski definition) is 1. The number of nitrogens with zero attached hydrogens (tertiary/aromatic N) is 1. The van der Waals surface area contributed by atoms with Gasteiger partial charge in [0.1, 0.15) is 11.2 Å². The molecule has 0 amide bonds. The molecule has 0 atom stereocenters. The number of allylic oxidation sites excluding steroid dienone is 1. The molecular weight excluding hydrogens is 294 g/mol. The van der Waals surface area contributed by atoms with Crippen molar-refractivity contribution in [1.29, 1.82) is 0 Å². The third-order valence-electron chi connectivity index (χ3n) is 4.98. The highest BCUT2D eigenvalue weighted by Gasteiger charge is 2.18. The van der Waals surface area contributed by atoms with Crippen molar-refractivity contribution in [2.24, 2.45) is 7.05 Å². The zero-order valence-electron chi connectivity index (χ0n) is 13.5.